The lowest BCUT2D eigenvalue weighted by Crippen LogP contribution is -2.50. The van der Waals surface area contributed by atoms with Crippen molar-refractivity contribution in [3.63, 3.8) is 0 Å². The van der Waals surface area contributed by atoms with Crippen LogP contribution in [-0.4, -0.2) is 66.3 Å². The van der Waals surface area contributed by atoms with E-state index in [1.165, 1.54) is 10.5 Å². The molecule has 3 heterocycles. The van der Waals surface area contributed by atoms with Crippen molar-refractivity contribution in [1.29, 1.82) is 0 Å². The van der Waals surface area contributed by atoms with Crippen molar-refractivity contribution in [3.05, 3.63) is 53.9 Å². The zero-order valence-electron chi connectivity index (χ0n) is 17.7. The Morgan fingerprint density at radius 2 is 1.90 bits per heavy atom. The number of nitrogens with one attached hydrogen (secondary N) is 1. The van der Waals surface area contributed by atoms with E-state index in [-0.39, 0.29) is 30.3 Å². The van der Waals surface area contributed by atoms with E-state index in [1.54, 1.807) is 23.2 Å². The van der Waals surface area contributed by atoms with Crippen molar-refractivity contribution in [2.75, 3.05) is 32.8 Å². The highest BCUT2D eigenvalue weighted by Gasteiger charge is 2.31. The average Bonchev–Trinajstić information content (AvgIpc) is 3.22. The van der Waals surface area contributed by atoms with Crippen LogP contribution in [0.15, 0.2) is 47.6 Å². The van der Waals surface area contributed by atoms with Crippen molar-refractivity contribution >= 4 is 27.0 Å². The molecule has 3 aromatic rings. The third-order valence-electron chi connectivity index (χ3n) is 5.75. The van der Waals surface area contributed by atoms with E-state index in [0.29, 0.717) is 30.7 Å². The number of rotatable bonds is 6. The van der Waals surface area contributed by atoms with Crippen molar-refractivity contribution in [2.24, 2.45) is 0 Å². The molecule has 9 heteroatoms. The van der Waals surface area contributed by atoms with E-state index >= 15 is 0 Å². The van der Waals surface area contributed by atoms with Gasteiger partial charge in [-0.2, -0.15) is 4.31 Å². The number of amides is 1. The number of sulfonamides is 1. The van der Waals surface area contributed by atoms with Gasteiger partial charge in [0.05, 0.1) is 13.0 Å². The minimum Gasteiger partial charge on any atom is -0.493 e. The number of nitrogens with zero attached hydrogens (tertiary/aromatic N) is 3. The number of carbonyl (C=O) groups excluding carboxylic acids is 1. The van der Waals surface area contributed by atoms with Crippen LogP contribution >= 0.6 is 0 Å². The van der Waals surface area contributed by atoms with Gasteiger partial charge in [0, 0.05) is 44.0 Å². The highest BCUT2D eigenvalue weighted by molar-refractivity contribution is 7.89. The zero-order chi connectivity index (χ0) is 22.0. The molecule has 2 aromatic heterocycles. The van der Waals surface area contributed by atoms with Crippen LogP contribution in [0.4, 0.5) is 0 Å². The summed E-state index contributed by atoms with van der Waals surface area (Å²) in [5.41, 5.74) is 2.76. The van der Waals surface area contributed by atoms with Gasteiger partial charge in [0.2, 0.25) is 15.9 Å². The first-order valence-corrected chi connectivity index (χ1v) is 11.7. The normalized spacial score (nSPS) is 15.4. The summed E-state index contributed by atoms with van der Waals surface area (Å²) >= 11 is 0. The van der Waals surface area contributed by atoms with Crippen LogP contribution in [0, 0.1) is 13.8 Å². The molecule has 0 aliphatic carbocycles. The van der Waals surface area contributed by atoms with Gasteiger partial charge in [-0.25, -0.2) is 13.4 Å². The van der Waals surface area contributed by atoms with Gasteiger partial charge in [0.15, 0.2) is 0 Å². The predicted molar refractivity (Wildman–Crippen MR) is 117 cm³/mol. The maximum atomic E-state index is 13.1. The summed E-state index contributed by atoms with van der Waals surface area (Å²) in [6.45, 7) is 5.57. The summed E-state index contributed by atoms with van der Waals surface area (Å²) in [4.78, 5) is 21.6. The van der Waals surface area contributed by atoms with E-state index < -0.39 is 10.0 Å². The molecule has 164 valence electrons. The summed E-state index contributed by atoms with van der Waals surface area (Å²) in [7, 11) is -3.66. The predicted octanol–water partition coefficient (Wildman–Crippen LogP) is 2.48. The van der Waals surface area contributed by atoms with E-state index in [0.717, 1.165) is 16.9 Å². The van der Waals surface area contributed by atoms with Gasteiger partial charge in [-0.1, -0.05) is 12.1 Å². The maximum absolute atomic E-state index is 13.1. The molecular formula is C22H26N4O4S. The van der Waals surface area contributed by atoms with Gasteiger partial charge in [-0.15, -0.1) is 0 Å². The number of hydrogen-bond donors (Lipinski definition) is 1. The van der Waals surface area contributed by atoms with Crippen LogP contribution in [0.5, 0.6) is 5.75 Å². The number of aryl methyl sites for hydroxylation is 1. The Hall–Kier alpha value is -2.91. The van der Waals surface area contributed by atoms with Crippen molar-refractivity contribution in [1.82, 2.24) is 19.2 Å². The van der Waals surface area contributed by atoms with Crippen LogP contribution in [0.3, 0.4) is 0 Å². The smallest absolute Gasteiger partial charge is 0.245 e. The summed E-state index contributed by atoms with van der Waals surface area (Å²) in [5, 5.41) is 0.574. The van der Waals surface area contributed by atoms with Crippen molar-refractivity contribution in [2.45, 2.75) is 25.2 Å². The number of H-pyrrole nitrogens is 1. The Balaban J connectivity index is 1.33. The number of aromatic amines is 1. The second-order valence-corrected chi connectivity index (χ2v) is 9.54. The van der Waals surface area contributed by atoms with Crippen LogP contribution in [-0.2, 0) is 14.8 Å². The Morgan fingerprint density at radius 3 is 2.68 bits per heavy atom. The Morgan fingerprint density at radius 1 is 1.13 bits per heavy atom. The minimum absolute atomic E-state index is 0.0290. The fourth-order valence-corrected chi connectivity index (χ4v) is 5.32. The van der Waals surface area contributed by atoms with E-state index in [4.69, 9.17) is 4.74 Å². The number of piperazine rings is 1. The van der Waals surface area contributed by atoms with Crippen molar-refractivity contribution < 1.29 is 17.9 Å². The molecular weight excluding hydrogens is 416 g/mol. The number of ether oxygens (including phenoxy) is 1. The maximum Gasteiger partial charge on any atom is 0.245 e. The molecule has 0 spiro atoms. The largest absolute Gasteiger partial charge is 0.493 e. The highest BCUT2D eigenvalue weighted by atomic mass is 32.2. The first-order valence-electron chi connectivity index (χ1n) is 10.3. The molecule has 0 unspecified atom stereocenters. The fourth-order valence-electron chi connectivity index (χ4n) is 3.75. The lowest BCUT2D eigenvalue weighted by atomic mass is 10.1. The Bertz CT molecular complexity index is 1200. The SMILES string of the molecule is Cc1cccc(OCCC(=O)N2CCN(S(=O)(=O)c3c[nH]c4ncccc34)CC2)c1C. The zero-order valence-corrected chi connectivity index (χ0v) is 18.5. The van der Waals surface area contributed by atoms with Crippen LogP contribution < -0.4 is 4.74 Å². The second kappa shape index (κ2) is 8.68. The molecule has 1 aliphatic heterocycles. The third-order valence-corrected chi connectivity index (χ3v) is 7.69. The molecule has 8 nitrogen and oxygen atoms in total. The minimum atomic E-state index is -3.66. The van der Waals surface area contributed by atoms with Gasteiger partial charge in [-0.05, 0) is 43.2 Å². The first-order chi connectivity index (χ1) is 14.9. The lowest BCUT2D eigenvalue weighted by molar-refractivity contribution is -0.132. The Labute approximate surface area is 181 Å². The number of benzene rings is 1. The van der Waals surface area contributed by atoms with Gasteiger partial charge in [-0.3, -0.25) is 4.79 Å². The molecule has 1 fully saturated rings. The highest BCUT2D eigenvalue weighted by Crippen LogP contribution is 2.25. The average molecular weight is 443 g/mol. The first kappa shape index (κ1) is 21.3. The monoisotopic (exact) mass is 442 g/mol. The summed E-state index contributed by atoms with van der Waals surface area (Å²) in [6.07, 6.45) is 3.35. The topological polar surface area (TPSA) is 95.6 Å². The third kappa shape index (κ3) is 4.28. The van der Waals surface area contributed by atoms with Crippen LogP contribution in [0.1, 0.15) is 17.5 Å². The molecule has 1 aromatic carbocycles. The van der Waals surface area contributed by atoms with Crippen LogP contribution in [0.25, 0.3) is 11.0 Å². The Kier molecular flexibility index (Phi) is 5.97. The molecule has 1 aliphatic rings. The summed E-state index contributed by atoms with van der Waals surface area (Å²) in [5.74, 6) is 0.760. The quantitative estimate of drug-likeness (QED) is 0.633. The number of fused-ring (bicyclic) bond motifs is 1. The van der Waals surface area contributed by atoms with E-state index in [2.05, 4.69) is 9.97 Å². The standard InChI is InChI=1S/C22H26N4O4S/c1-16-5-3-7-19(17(16)2)30-14-8-21(27)25-10-12-26(13-11-25)31(28,29)20-15-24-22-18(20)6-4-9-23-22/h3-7,9,15H,8,10-14H2,1-2H3,(H,23,24). The number of aromatic nitrogens is 2. The van der Waals surface area contributed by atoms with E-state index in [1.807, 2.05) is 32.0 Å². The molecule has 1 amide bonds. The molecule has 1 N–H and O–H groups in total. The molecule has 31 heavy (non-hydrogen) atoms. The van der Waals surface area contributed by atoms with Crippen molar-refractivity contribution in [3.8, 4) is 5.75 Å². The fraction of sp³-hybridized carbons (Fsp3) is 0.364. The van der Waals surface area contributed by atoms with Gasteiger partial charge in [0.25, 0.3) is 0 Å². The molecule has 0 radical (unpaired) electrons. The molecule has 0 saturated carbocycles. The van der Waals surface area contributed by atoms with Gasteiger partial charge < -0.3 is 14.6 Å². The lowest BCUT2D eigenvalue weighted by Gasteiger charge is -2.34. The number of carbonyl (C=O) groups is 1. The summed E-state index contributed by atoms with van der Waals surface area (Å²) < 4.78 is 33.4. The van der Waals surface area contributed by atoms with Gasteiger partial charge in [0.1, 0.15) is 16.3 Å². The molecule has 1 saturated heterocycles. The number of pyridine rings is 1. The molecule has 0 bridgehead atoms. The van der Waals surface area contributed by atoms with Crippen LogP contribution in [0.2, 0.25) is 0 Å². The van der Waals surface area contributed by atoms with E-state index in [9.17, 15) is 13.2 Å². The van der Waals surface area contributed by atoms with Gasteiger partial charge >= 0.3 is 0 Å². The summed E-state index contributed by atoms with van der Waals surface area (Å²) in [6, 6.07) is 9.31. The second-order valence-electron chi connectivity index (χ2n) is 7.63. The number of hydrogen-bond acceptors (Lipinski definition) is 5. The molecule has 4 rings (SSSR count). The molecule has 0 atom stereocenters.